The lowest BCUT2D eigenvalue weighted by atomic mass is 10.2. The second-order valence-electron chi connectivity index (χ2n) is 6.21. The van der Waals surface area contributed by atoms with Gasteiger partial charge >= 0.3 is 0 Å². The average Bonchev–Trinajstić information content (AvgIpc) is 3.39. The van der Waals surface area contributed by atoms with Gasteiger partial charge in [0, 0.05) is 5.56 Å². The Kier molecular flexibility index (Phi) is 3.94. The van der Waals surface area contributed by atoms with E-state index in [4.69, 9.17) is 4.52 Å². The number of halogens is 1. The molecule has 0 aliphatic rings. The Morgan fingerprint density at radius 3 is 2.62 bits per heavy atom. The van der Waals surface area contributed by atoms with Crippen LogP contribution in [0.1, 0.15) is 5.89 Å². The molecule has 5 aromatic rings. The third kappa shape index (κ3) is 3.06. The van der Waals surface area contributed by atoms with Gasteiger partial charge in [0.1, 0.15) is 18.7 Å². The molecule has 0 aliphatic carbocycles. The van der Waals surface area contributed by atoms with Gasteiger partial charge in [0.15, 0.2) is 11.2 Å². The Labute approximate surface area is 162 Å². The molecule has 0 fully saturated rings. The molecule has 0 saturated heterocycles. The molecule has 9 nitrogen and oxygen atoms in total. The summed E-state index contributed by atoms with van der Waals surface area (Å²) >= 11 is 0. The molecule has 29 heavy (non-hydrogen) atoms. The molecule has 0 radical (unpaired) electrons. The van der Waals surface area contributed by atoms with E-state index in [1.165, 1.54) is 39.8 Å². The van der Waals surface area contributed by atoms with Gasteiger partial charge < -0.3 is 4.52 Å². The first kappa shape index (κ1) is 16.9. The monoisotopic (exact) mass is 389 g/mol. The van der Waals surface area contributed by atoms with Crippen molar-refractivity contribution in [1.29, 1.82) is 0 Å². The van der Waals surface area contributed by atoms with Crippen molar-refractivity contribution < 1.29 is 8.91 Å². The minimum Gasteiger partial charge on any atom is -0.337 e. The second-order valence-corrected chi connectivity index (χ2v) is 6.21. The highest BCUT2D eigenvalue weighted by Gasteiger charge is 2.15. The lowest BCUT2D eigenvalue weighted by Crippen LogP contribution is -2.21. The largest absolute Gasteiger partial charge is 0.337 e. The fraction of sp³-hybridized carbons (Fsp3) is 0.0526. The summed E-state index contributed by atoms with van der Waals surface area (Å²) in [6.07, 6.45) is 1.36. The first-order chi connectivity index (χ1) is 14.2. The molecular weight excluding hydrogens is 377 g/mol. The standard InChI is InChI=1S/C19H12FN7O2/c20-13-6-8-14(9-7-13)27-18-16(23-25-27)19(28)26(11-21-18)10-15-22-17(24-29-15)12-4-2-1-3-5-12/h1-9,11H,10H2. The summed E-state index contributed by atoms with van der Waals surface area (Å²) in [6, 6.07) is 15.0. The Morgan fingerprint density at radius 2 is 1.83 bits per heavy atom. The van der Waals surface area contributed by atoms with Crippen LogP contribution in [-0.2, 0) is 6.54 Å². The van der Waals surface area contributed by atoms with Gasteiger partial charge in [-0.25, -0.2) is 9.37 Å². The molecule has 5 rings (SSSR count). The van der Waals surface area contributed by atoms with Gasteiger partial charge in [-0.1, -0.05) is 40.7 Å². The lowest BCUT2D eigenvalue weighted by Gasteiger charge is -2.03. The molecular formula is C19H12FN7O2. The van der Waals surface area contributed by atoms with Gasteiger partial charge in [0.2, 0.25) is 11.7 Å². The molecule has 142 valence electrons. The van der Waals surface area contributed by atoms with Crippen molar-refractivity contribution in [3.63, 3.8) is 0 Å². The third-order valence-corrected chi connectivity index (χ3v) is 4.31. The van der Waals surface area contributed by atoms with Crippen LogP contribution in [0.2, 0.25) is 0 Å². The predicted molar refractivity (Wildman–Crippen MR) is 99.7 cm³/mol. The van der Waals surface area contributed by atoms with Crippen LogP contribution < -0.4 is 5.56 Å². The SMILES string of the molecule is O=c1c2nnn(-c3ccc(F)cc3)c2ncn1Cc1nc(-c2ccccc2)no1. The molecule has 0 aliphatic heterocycles. The van der Waals surface area contributed by atoms with Crippen molar-refractivity contribution >= 4 is 11.2 Å². The van der Waals surface area contributed by atoms with Gasteiger partial charge in [-0.05, 0) is 24.3 Å². The Hall–Kier alpha value is -4.21. The van der Waals surface area contributed by atoms with Crippen molar-refractivity contribution in [2.75, 3.05) is 0 Å². The molecule has 10 heteroatoms. The Bertz CT molecular complexity index is 1360. The summed E-state index contributed by atoms with van der Waals surface area (Å²) in [4.78, 5) is 21.4. The van der Waals surface area contributed by atoms with Crippen molar-refractivity contribution in [2.24, 2.45) is 0 Å². The molecule has 0 N–H and O–H groups in total. The number of benzene rings is 2. The van der Waals surface area contributed by atoms with E-state index in [-0.39, 0.29) is 29.4 Å². The Balaban J connectivity index is 1.48. The van der Waals surface area contributed by atoms with E-state index in [2.05, 4.69) is 25.4 Å². The summed E-state index contributed by atoms with van der Waals surface area (Å²) < 4.78 is 21.1. The molecule has 0 amide bonds. The van der Waals surface area contributed by atoms with Crippen molar-refractivity contribution in [2.45, 2.75) is 6.54 Å². The van der Waals surface area contributed by atoms with Crippen LogP contribution in [0.3, 0.4) is 0 Å². The summed E-state index contributed by atoms with van der Waals surface area (Å²) in [6.45, 7) is 0.0466. The van der Waals surface area contributed by atoms with Crippen molar-refractivity contribution in [1.82, 2.24) is 34.7 Å². The van der Waals surface area contributed by atoms with Gasteiger partial charge in [-0.2, -0.15) is 9.67 Å². The van der Waals surface area contributed by atoms with Crippen LogP contribution in [0.4, 0.5) is 4.39 Å². The number of hydrogen-bond acceptors (Lipinski definition) is 7. The fourth-order valence-corrected chi connectivity index (χ4v) is 2.88. The fourth-order valence-electron chi connectivity index (χ4n) is 2.88. The van der Waals surface area contributed by atoms with E-state index in [1.54, 1.807) is 0 Å². The number of aromatic nitrogens is 7. The van der Waals surface area contributed by atoms with E-state index in [1.807, 2.05) is 30.3 Å². The molecule has 0 saturated carbocycles. The zero-order valence-corrected chi connectivity index (χ0v) is 14.8. The summed E-state index contributed by atoms with van der Waals surface area (Å²) in [5.41, 5.74) is 1.31. The quantitative estimate of drug-likeness (QED) is 0.464. The average molecular weight is 389 g/mol. The maximum absolute atomic E-state index is 13.1. The zero-order valence-electron chi connectivity index (χ0n) is 14.8. The van der Waals surface area contributed by atoms with E-state index in [0.717, 1.165) is 5.56 Å². The topological polar surface area (TPSA) is 105 Å². The lowest BCUT2D eigenvalue weighted by molar-refractivity contribution is 0.369. The van der Waals surface area contributed by atoms with Gasteiger partial charge in [0.05, 0.1) is 5.69 Å². The predicted octanol–water partition coefficient (Wildman–Crippen LogP) is 2.21. The van der Waals surface area contributed by atoms with Crippen molar-refractivity contribution in [3.05, 3.63) is 83.0 Å². The first-order valence-electron chi connectivity index (χ1n) is 8.64. The van der Waals surface area contributed by atoms with Crippen LogP contribution in [0.25, 0.3) is 28.2 Å². The number of nitrogens with zero attached hydrogens (tertiary/aromatic N) is 7. The highest BCUT2D eigenvalue weighted by molar-refractivity contribution is 5.70. The summed E-state index contributed by atoms with van der Waals surface area (Å²) in [5, 5.41) is 11.8. The maximum Gasteiger partial charge on any atom is 0.284 e. The minimum atomic E-state index is -0.400. The van der Waals surface area contributed by atoms with Crippen molar-refractivity contribution in [3.8, 4) is 17.1 Å². The highest BCUT2D eigenvalue weighted by Crippen LogP contribution is 2.16. The second kappa shape index (κ2) is 6.75. The molecule has 0 spiro atoms. The summed E-state index contributed by atoms with van der Waals surface area (Å²) in [5.74, 6) is 0.325. The molecule has 0 unspecified atom stereocenters. The zero-order chi connectivity index (χ0) is 19.8. The van der Waals surface area contributed by atoms with Crippen LogP contribution in [0.5, 0.6) is 0 Å². The van der Waals surface area contributed by atoms with E-state index >= 15 is 0 Å². The third-order valence-electron chi connectivity index (χ3n) is 4.31. The first-order valence-corrected chi connectivity index (χ1v) is 8.64. The normalized spacial score (nSPS) is 11.2. The molecule has 0 bridgehead atoms. The van der Waals surface area contributed by atoms with Crippen LogP contribution in [0.15, 0.2) is 70.2 Å². The van der Waals surface area contributed by atoms with Gasteiger partial charge in [0.25, 0.3) is 5.56 Å². The minimum absolute atomic E-state index is 0.0466. The molecule has 3 heterocycles. The van der Waals surface area contributed by atoms with Gasteiger partial charge in [-0.15, -0.1) is 5.10 Å². The van der Waals surface area contributed by atoms with E-state index < -0.39 is 5.56 Å². The molecule has 2 aromatic carbocycles. The smallest absolute Gasteiger partial charge is 0.284 e. The van der Waals surface area contributed by atoms with Crippen LogP contribution in [-0.4, -0.2) is 34.7 Å². The number of hydrogen-bond donors (Lipinski definition) is 0. The maximum atomic E-state index is 13.1. The Morgan fingerprint density at radius 1 is 1.03 bits per heavy atom. The number of rotatable bonds is 4. The number of fused-ring (bicyclic) bond motifs is 1. The van der Waals surface area contributed by atoms with Gasteiger partial charge in [-0.3, -0.25) is 9.36 Å². The van der Waals surface area contributed by atoms with E-state index in [9.17, 15) is 9.18 Å². The molecule has 3 aromatic heterocycles. The van der Waals surface area contributed by atoms with E-state index in [0.29, 0.717) is 11.5 Å². The summed E-state index contributed by atoms with van der Waals surface area (Å²) in [7, 11) is 0. The molecule has 0 atom stereocenters. The van der Waals surface area contributed by atoms with Crippen LogP contribution >= 0.6 is 0 Å². The van der Waals surface area contributed by atoms with Crippen LogP contribution in [0, 0.1) is 5.82 Å². The highest BCUT2D eigenvalue weighted by atomic mass is 19.1.